The summed E-state index contributed by atoms with van der Waals surface area (Å²) in [6.07, 6.45) is 1.64. The smallest absolute Gasteiger partial charge is 0.191 e. The summed E-state index contributed by atoms with van der Waals surface area (Å²) in [5.74, 6) is 0.509. The zero-order chi connectivity index (χ0) is 14.3. The third kappa shape index (κ3) is 1.98. The lowest BCUT2D eigenvalue weighted by Crippen LogP contribution is -2.58. The second-order valence-corrected chi connectivity index (χ2v) is 5.50. The molecule has 0 aliphatic carbocycles. The van der Waals surface area contributed by atoms with Gasteiger partial charge in [0, 0.05) is 29.8 Å². The van der Waals surface area contributed by atoms with E-state index in [9.17, 15) is 0 Å². The number of likely N-dealkylation sites (N-methyl/N-ethyl adjacent to an activating group) is 1. The van der Waals surface area contributed by atoms with Gasteiger partial charge in [-0.25, -0.2) is 9.97 Å². The third-order valence-corrected chi connectivity index (χ3v) is 3.80. The van der Waals surface area contributed by atoms with Gasteiger partial charge in [0.05, 0.1) is 0 Å². The van der Waals surface area contributed by atoms with E-state index in [0.29, 0.717) is 23.0 Å². The monoisotopic (exact) mass is 336 g/mol. The van der Waals surface area contributed by atoms with Gasteiger partial charge in [0.2, 0.25) is 0 Å². The van der Waals surface area contributed by atoms with Gasteiger partial charge >= 0.3 is 0 Å². The van der Waals surface area contributed by atoms with Crippen LogP contribution in [-0.2, 0) is 0 Å². The molecule has 2 aromatic rings. The first-order valence-electron chi connectivity index (χ1n) is 6.07. The fraction of sp³-hybridized carbons (Fsp3) is 0.364. The quantitative estimate of drug-likeness (QED) is 0.723. The lowest BCUT2D eigenvalue weighted by molar-refractivity contribution is 0.444. The van der Waals surface area contributed by atoms with Gasteiger partial charge in [-0.05, 0) is 29.0 Å². The minimum atomic E-state index is 0.0990. The number of pyridine rings is 1. The molecule has 0 amide bonds. The van der Waals surface area contributed by atoms with Crippen LogP contribution in [0.5, 0.6) is 0 Å². The van der Waals surface area contributed by atoms with Crippen LogP contribution in [0.2, 0.25) is 0 Å². The molecule has 1 aliphatic heterocycles. The molecule has 0 unspecified atom stereocenters. The van der Waals surface area contributed by atoms with Gasteiger partial charge < -0.3 is 10.2 Å². The van der Waals surface area contributed by atoms with Crippen molar-refractivity contribution in [2.75, 3.05) is 25.0 Å². The van der Waals surface area contributed by atoms with Crippen LogP contribution in [0.15, 0.2) is 22.0 Å². The highest BCUT2D eigenvalue weighted by molar-refractivity contribution is 9.10. The number of fused-ring (bicyclic) bond motifs is 1. The van der Waals surface area contributed by atoms with Gasteiger partial charge in [-0.2, -0.15) is 10.2 Å². The highest BCUT2D eigenvalue weighted by atomic mass is 79.9. The Labute approximate surface area is 123 Å². The molecule has 0 atom stereocenters. The van der Waals surface area contributed by atoms with Crippen molar-refractivity contribution in [3.63, 3.8) is 0 Å². The summed E-state index contributed by atoms with van der Waals surface area (Å²) < 4.78 is 2.00. The van der Waals surface area contributed by atoms with Crippen molar-refractivity contribution < 1.29 is 0 Å². The average molecular weight is 337 g/mol. The lowest BCUT2D eigenvalue weighted by Gasteiger charge is -2.39. The van der Waals surface area contributed by atoms with Crippen molar-refractivity contribution in [1.29, 1.82) is 10.9 Å². The first-order valence-corrected chi connectivity index (χ1v) is 6.86. The zero-order valence-corrected chi connectivity index (χ0v) is 12.3. The van der Waals surface area contributed by atoms with Crippen LogP contribution in [0, 0.1) is 10.9 Å². The van der Waals surface area contributed by atoms with E-state index in [1.54, 1.807) is 12.3 Å². The number of anilines is 1. The van der Waals surface area contributed by atoms with Crippen LogP contribution in [0.25, 0.3) is 11.2 Å². The predicted octanol–water partition coefficient (Wildman–Crippen LogP) is 0.875. The molecule has 9 heteroatoms. The van der Waals surface area contributed by atoms with Gasteiger partial charge in [0.25, 0.3) is 0 Å². The molecule has 3 N–H and O–H groups in total. The van der Waals surface area contributed by atoms with Crippen LogP contribution < -0.4 is 15.7 Å². The normalized spacial score (nSPS) is 15.4. The molecule has 3 heterocycles. The molecular formula is C11H13BrN8. The van der Waals surface area contributed by atoms with E-state index in [1.807, 2.05) is 11.9 Å². The maximum Gasteiger partial charge on any atom is 0.191 e. The van der Waals surface area contributed by atoms with Crippen molar-refractivity contribution >= 4 is 32.9 Å². The Kier molecular flexibility index (Phi) is 3.22. The van der Waals surface area contributed by atoms with Crippen molar-refractivity contribution in [1.82, 2.24) is 20.0 Å². The van der Waals surface area contributed by atoms with E-state index in [0.717, 1.165) is 17.6 Å². The Bertz CT molecular complexity index is 733. The predicted molar refractivity (Wildman–Crippen MR) is 76.7 cm³/mol. The molecule has 2 aromatic heterocycles. The summed E-state index contributed by atoms with van der Waals surface area (Å²) in [7, 11) is 1.91. The van der Waals surface area contributed by atoms with Crippen molar-refractivity contribution in [2.45, 2.75) is 6.04 Å². The molecule has 0 aromatic carbocycles. The highest BCUT2D eigenvalue weighted by Crippen LogP contribution is 2.19. The molecule has 1 saturated heterocycles. The third-order valence-electron chi connectivity index (χ3n) is 3.37. The van der Waals surface area contributed by atoms with Crippen LogP contribution in [0.3, 0.4) is 0 Å². The Morgan fingerprint density at radius 3 is 2.90 bits per heavy atom. The Hall–Kier alpha value is -1.87. The minimum absolute atomic E-state index is 0.0990. The summed E-state index contributed by atoms with van der Waals surface area (Å²) in [5, 5.41) is 14.8. The van der Waals surface area contributed by atoms with E-state index in [4.69, 9.17) is 10.9 Å². The van der Waals surface area contributed by atoms with Gasteiger partial charge in [-0.1, -0.05) is 5.22 Å². The molecule has 0 radical (unpaired) electrons. The highest BCUT2D eigenvalue weighted by Gasteiger charge is 2.28. The molecule has 20 heavy (non-hydrogen) atoms. The van der Waals surface area contributed by atoms with E-state index in [1.165, 1.54) is 4.68 Å². The first kappa shape index (κ1) is 13.1. The summed E-state index contributed by atoms with van der Waals surface area (Å²) in [4.78, 5) is 10.6. The van der Waals surface area contributed by atoms with E-state index < -0.39 is 0 Å². The summed E-state index contributed by atoms with van der Waals surface area (Å²) in [6, 6.07) is 2.16. The molecule has 0 saturated carbocycles. The van der Waals surface area contributed by atoms with Crippen LogP contribution >= 0.6 is 15.9 Å². The number of nitrogens with zero attached hydrogens (tertiary/aromatic N) is 5. The van der Waals surface area contributed by atoms with Crippen LogP contribution in [0.1, 0.15) is 0 Å². The fourth-order valence-corrected chi connectivity index (χ4v) is 2.51. The zero-order valence-electron chi connectivity index (χ0n) is 10.8. The SMILES string of the molecule is CNC1CN(c2nc3ncc(Br)cc3n(N=N)c2=N)C1. The van der Waals surface area contributed by atoms with E-state index in [-0.39, 0.29) is 5.49 Å². The second kappa shape index (κ2) is 4.91. The summed E-state index contributed by atoms with van der Waals surface area (Å²) in [5.41, 5.74) is 8.40. The largest absolute Gasteiger partial charge is 0.350 e. The number of hydrogen-bond donors (Lipinski definition) is 3. The molecule has 0 bridgehead atoms. The van der Waals surface area contributed by atoms with Crippen molar-refractivity contribution in [3.8, 4) is 0 Å². The average Bonchev–Trinajstić information content (AvgIpc) is 2.38. The number of halogens is 1. The number of aromatic nitrogens is 3. The molecule has 1 aliphatic rings. The van der Waals surface area contributed by atoms with Crippen LogP contribution in [-0.4, -0.2) is 40.8 Å². The molecule has 1 fully saturated rings. The Morgan fingerprint density at radius 1 is 1.50 bits per heavy atom. The van der Waals surface area contributed by atoms with Gasteiger partial charge in [-0.3, -0.25) is 5.41 Å². The van der Waals surface area contributed by atoms with Crippen LogP contribution in [0.4, 0.5) is 5.82 Å². The van der Waals surface area contributed by atoms with E-state index in [2.05, 4.69) is 36.4 Å². The molecule has 8 nitrogen and oxygen atoms in total. The number of rotatable bonds is 3. The molecular weight excluding hydrogens is 324 g/mol. The van der Waals surface area contributed by atoms with E-state index >= 15 is 0 Å². The fourth-order valence-electron chi connectivity index (χ4n) is 2.19. The minimum Gasteiger partial charge on any atom is -0.350 e. The second-order valence-electron chi connectivity index (χ2n) is 4.58. The van der Waals surface area contributed by atoms with Crippen molar-refractivity contribution in [3.05, 3.63) is 22.2 Å². The number of hydrogen-bond acceptors (Lipinski definition) is 7. The first-order chi connectivity index (χ1) is 9.63. The standard InChI is InChI=1S/C11H13BrN8/c1-15-7-4-19(5-7)11-9(13)20(18-14)8-2-6(12)3-16-10(8)17-11/h2-3,7,13-15H,4-5H2,1H3. The maximum atomic E-state index is 8.17. The van der Waals surface area contributed by atoms with Gasteiger partial charge in [-0.15, -0.1) is 0 Å². The number of nitrogens with one attached hydrogen (secondary N) is 3. The lowest BCUT2D eigenvalue weighted by atomic mass is 10.1. The summed E-state index contributed by atoms with van der Waals surface area (Å²) >= 11 is 3.32. The Morgan fingerprint density at radius 2 is 2.25 bits per heavy atom. The topological polar surface area (TPSA) is 106 Å². The van der Waals surface area contributed by atoms with Gasteiger partial charge in [0.1, 0.15) is 5.52 Å². The maximum absolute atomic E-state index is 8.17. The van der Waals surface area contributed by atoms with Gasteiger partial charge in [0.15, 0.2) is 17.0 Å². The van der Waals surface area contributed by atoms with Crippen molar-refractivity contribution in [2.24, 2.45) is 5.22 Å². The molecule has 3 rings (SSSR count). The Balaban J connectivity index is 2.15. The summed E-state index contributed by atoms with van der Waals surface area (Å²) in [6.45, 7) is 1.57. The molecule has 104 valence electrons. The molecule has 0 spiro atoms.